The van der Waals surface area contributed by atoms with Gasteiger partial charge in [-0.15, -0.1) is 0 Å². The molecule has 68 valence electrons. The number of rotatable bonds is 4. The van der Waals surface area contributed by atoms with Crippen molar-refractivity contribution in [3.63, 3.8) is 0 Å². The summed E-state index contributed by atoms with van der Waals surface area (Å²) in [5.41, 5.74) is 0. The number of aliphatic hydroxyl groups is 3. The van der Waals surface area contributed by atoms with Gasteiger partial charge in [0.25, 0.3) is 0 Å². The van der Waals surface area contributed by atoms with Gasteiger partial charge in [-0.2, -0.15) is 0 Å². The molecule has 0 aromatic heterocycles. The van der Waals surface area contributed by atoms with Crippen LogP contribution in [-0.2, 0) is 0 Å². The summed E-state index contributed by atoms with van der Waals surface area (Å²) in [5.74, 6) is -3.02. The fourth-order valence-corrected chi connectivity index (χ4v) is 0.834. The highest BCUT2D eigenvalue weighted by molar-refractivity contribution is 6.49. The molecule has 0 amide bonds. The van der Waals surface area contributed by atoms with Gasteiger partial charge in [0.1, 0.15) is 0 Å². The molecule has 3 nitrogen and oxygen atoms in total. The third-order valence-electron chi connectivity index (χ3n) is 1.34. The van der Waals surface area contributed by atoms with Crippen LogP contribution in [0.2, 0.25) is 0 Å². The van der Waals surface area contributed by atoms with Gasteiger partial charge < -0.3 is 15.3 Å². The number of halogens is 2. The molecule has 0 saturated heterocycles. The monoisotopic (exact) mass is 202 g/mol. The van der Waals surface area contributed by atoms with E-state index in [9.17, 15) is 0 Å². The molecule has 0 atom stereocenters. The molecule has 0 radical (unpaired) electrons. The first-order valence-corrected chi connectivity index (χ1v) is 4.12. The molecule has 11 heavy (non-hydrogen) atoms. The summed E-state index contributed by atoms with van der Waals surface area (Å²) in [7, 11) is 0. The summed E-state index contributed by atoms with van der Waals surface area (Å²) < 4.78 is -1.90. The highest BCUT2D eigenvalue weighted by atomic mass is 35.5. The summed E-state index contributed by atoms with van der Waals surface area (Å²) in [6, 6.07) is 0. The Bertz CT molecular complexity index is 119. The Balaban J connectivity index is 4.00. The predicted molar refractivity (Wildman–Crippen MR) is 43.3 cm³/mol. The van der Waals surface area contributed by atoms with E-state index >= 15 is 0 Å². The van der Waals surface area contributed by atoms with E-state index in [1.807, 2.05) is 6.92 Å². The van der Waals surface area contributed by atoms with Gasteiger partial charge in [-0.05, 0) is 6.42 Å². The van der Waals surface area contributed by atoms with Crippen LogP contribution in [0.3, 0.4) is 0 Å². The van der Waals surface area contributed by atoms with E-state index in [1.54, 1.807) is 0 Å². The van der Waals surface area contributed by atoms with E-state index in [2.05, 4.69) is 0 Å². The second kappa shape index (κ2) is 3.92. The van der Waals surface area contributed by atoms with E-state index in [1.165, 1.54) is 0 Å². The molecular weight excluding hydrogens is 191 g/mol. The molecule has 0 heterocycles. The predicted octanol–water partition coefficient (Wildman–Crippen LogP) is 0.981. The number of hydrogen-bond acceptors (Lipinski definition) is 3. The van der Waals surface area contributed by atoms with Crippen LogP contribution < -0.4 is 0 Å². The highest BCUT2D eigenvalue weighted by Crippen LogP contribution is 2.35. The van der Waals surface area contributed by atoms with Crippen molar-refractivity contribution >= 4 is 23.2 Å². The van der Waals surface area contributed by atoms with Gasteiger partial charge in [0.2, 0.25) is 0 Å². The minimum absolute atomic E-state index is 0.135. The standard InChI is InChI=1S/C6H12Cl2O3/c1-2-3-4-5(7,8)6(9,10)11/h9-11H,2-4H2,1H3. The molecule has 0 bridgehead atoms. The van der Waals surface area contributed by atoms with Gasteiger partial charge in [-0.3, -0.25) is 0 Å². The van der Waals surface area contributed by atoms with Crippen molar-refractivity contribution in [3.05, 3.63) is 0 Å². The highest BCUT2D eigenvalue weighted by Gasteiger charge is 2.45. The average molecular weight is 203 g/mol. The molecule has 0 aliphatic rings. The van der Waals surface area contributed by atoms with Gasteiger partial charge in [-0.1, -0.05) is 43.0 Å². The Morgan fingerprint density at radius 3 is 1.91 bits per heavy atom. The maximum atomic E-state index is 8.62. The van der Waals surface area contributed by atoms with Crippen LogP contribution in [-0.4, -0.2) is 25.6 Å². The molecule has 0 unspecified atom stereocenters. The maximum Gasteiger partial charge on any atom is 0.310 e. The van der Waals surface area contributed by atoms with Crippen molar-refractivity contribution in [1.82, 2.24) is 0 Å². The van der Waals surface area contributed by atoms with Gasteiger partial charge in [-0.25, -0.2) is 0 Å². The lowest BCUT2D eigenvalue weighted by Gasteiger charge is -2.28. The summed E-state index contributed by atoms with van der Waals surface area (Å²) in [4.78, 5) is 0. The maximum absolute atomic E-state index is 8.62. The van der Waals surface area contributed by atoms with Crippen LogP contribution in [0, 0.1) is 0 Å². The summed E-state index contributed by atoms with van der Waals surface area (Å²) in [5, 5.41) is 25.9. The Hall–Kier alpha value is 0.460. The Morgan fingerprint density at radius 2 is 1.64 bits per heavy atom. The Morgan fingerprint density at radius 1 is 1.18 bits per heavy atom. The van der Waals surface area contributed by atoms with Crippen LogP contribution >= 0.6 is 23.2 Å². The molecule has 0 fully saturated rings. The van der Waals surface area contributed by atoms with Gasteiger partial charge in [0.05, 0.1) is 0 Å². The molecule has 0 aliphatic carbocycles. The zero-order valence-electron chi connectivity index (χ0n) is 6.22. The van der Waals surface area contributed by atoms with Crippen molar-refractivity contribution in [2.75, 3.05) is 0 Å². The second-order valence-electron chi connectivity index (χ2n) is 2.44. The Kier molecular flexibility index (Phi) is 4.08. The van der Waals surface area contributed by atoms with E-state index < -0.39 is 10.3 Å². The fraction of sp³-hybridized carbons (Fsp3) is 1.00. The van der Waals surface area contributed by atoms with E-state index in [0.29, 0.717) is 6.42 Å². The number of hydrogen-bond donors (Lipinski definition) is 3. The van der Waals surface area contributed by atoms with Crippen LogP contribution in [0.25, 0.3) is 0 Å². The van der Waals surface area contributed by atoms with Crippen molar-refractivity contribution < 1.29 is 15.3 Å². The minimum atomic E-state index is -3.02. The van der Waals surface area contributed by atoms with Gasteiger partial charge >= 0.3 is 5.97 Å². The first-order valence-electron chi connectivity index (χ1n) is 3.36. The first-order chi connectivity index (χ1) is 4.81. The van der Waals surface area contributed by atoms with Crippen molar-refractivity contribution in [2.45, 2.75) is 36.5 Å². The average Bonchev–Trinajstić information content (AvgIpc) is 1.81. The molecule has 0 saturated carbocycles. The normalized spacial score (nSPS) is 13.6. The van der Waals surface area contributed by atoms with E-state index in [-0.39, 0.29) is 6.42 Å². The minimum Gasteiger partial charge on any atom is -0.341 e. The van der Waals surface area contributed by atoms with Crippen molar-refractivity contribution in [2.24, 2.45) is 0 Å². The molecule has 0 aromatic carbocycles. The fourth-order valence-electron chi connectivity index (χ4n) is 0.567. The zero-order chi connectivity index (χ0) is 9.12. The quantitative estimate of drug-likeness (QED) is 0.471. The van der Waals surface area contributed by atoms with Crippen molar-refractivity contribution in [3.8, 4) is 0 Å². The molecule has 3 N–H and O–H groups in total. The largest absolute Gasteiger partial charge is 0.341 e. The van der Waals surface area contributed by atoms with E-state index in [4.69, 9.17) is 38.5 Å². The molecule has 0 aromatic rings. The molecule has 5 heteroatoms. The number of unbranched alkanes of at least 4 members (excludes halogenated alkanes) is 1. The summed E-state index contributed by atoms with van der Waals surface area (Å²) >= 11 is 10.8. The van der Waals surface area contributed by atoms with Crippen LogP contribution in [0.5, 0.6) is 0 Å². The van der Waals surface area contributed by atoms with Gasteiger partial charge in [0.15, 0.2) is 4.33 Å². The second-order valence-corrected chi connectivity index (χ2v) is 3.93. The molecular formula is C6H12Cl2O3. The molecule has 0 spiro atoms. The first kappa shape index (κ1) is 11.5. The lowest BCUT2D eigenvalue weighted by molar-refractivity contribution is -0.320. The summed E-state index contributed by atoms with van der Waals surface area (Å²) in [6.45, 7) is 1.90. The van der Waals surface area contributed by atoms with Gasteiger partial charge in [0, 0.05) is 0 Å². The number of alkyl halides is 2. The zero-order valence-corrected chi connectivity index (χ0v) is 7.73. The third kappa shape index (κ3) is 3.58. The lowest BCUT2D eigenvalue weighted by Crippen LogP contribution is -2.46. The lowest BCUT2D eigenvalue weighted by atomic mass is 10.1. The topological polar surface area (TPSA) is 60.7 Å². The van der Waals surface area contributed by atoms with E-state index in [0.717, 1.165) is 6.42 Å². The Labute approximate surface area is 75.6 Å². The van der Waals surface area contributed by atoms with Crippen LogP contribution in [0.15, 0.2) is 0 Å². The van der Waals surface area contributed by atoms with Crippen LogP contribution in [0.1, 0.15) is 26.2 Å². The molecule has 0 aliphatic heterocycles. The summed E-state index contributed by atoms with van der Waals surface area (Å²) in [6.07, 6.45) is 1.57. The SMILES string of the molecule is CCCCC(Cl)(Cl)C(O)(O)O. The smallest absolute Gasteiger partial charge is 0.310 e. The van der Waals surface area contributed by atoms with Crippen LogP contribution in [0.4, 0.5) is 0 Å². The third-order valence-corrected chi connectivity index (χ3v) is 2.22. The van der Waals surface area contributed by atoms with Crippen molar-refractivity contribution in [1.29, 1.82) is 0 Å². The molecule has 0 rings (SSSR count).